The molecule has 0 spiro atoms. The van der Waals surface area contributed by atoms with E-state index in [2.05, 4.69) is 10.6 Å². The molecule has 1 aromatic heterocycles. The van der Waals surface area contributed by atoms with Crippen molar-refractivity contribution in [1.29, 1.82) is 0 Å². The molecule has 0 radical (unpaired) electrons. The lowest BCUT2D eigenvalue weighted by Crippen LogP contribution is -2.15. The number of nitrogens with zero attached hydrogens (tertiary/aromatic N) is 2. The maximum absolute atomic E-state index is 12.8. The monoisotopic (exact) mass is 388 g/mol. The van der Waals surface area contributed by atoms with Gasteiger partial charge >= 0.3 is 0 Å². The van der Waals surface area contributed by atoms with Crippen LogP contribution in [0.4, 0.5) is 11.5 Å². The number of anilines is 2. The highest BCUT2D eigenvalue weighted by Crippen LogP contribution is 2.35. The Morgan fingerprint density at radius 2 is 1.66 bits per heavy atom. The summed E-state index contributed by atoms with van der Waals surface area (Å²) in [4.78, 5) is 24.0. The lowest BCUT2D eigenvalue weighted by Gasteiger charge is -2.09. The van der Waals surface area contributed by atoms with Gasteiger partial charge in [-0.3, -0.25) is 9.59 Å². The van der Waals surface area contributed by atoms with Crippen molar-refractivity contribution in [3.63, 3.8) is 0 Å². The third-order valence-corrected chi connectivity index (χ3v) is 5.21. The lowest BCUT2D eigenvalue weighted by molar-refractivity contribution is -0.114. The van der Waals surface area contributed by atoms with Gasteiger partial charge in [0.05, 0.1) is 11.4 Å². The van der Waals surface area contributed by atoms with Gasteiger partial charge in [-0.15, -0.1) is 0 Å². The topological polar surface area (TPSA) is 76.0 Å². The molecule has 0 unspecified atom stereocenters. The van der Waals surface area contributed by atoms with E-state index in [1.54, 1.807) is 28.9 Å². The van der Waals surface area contributed by atoms with E-state index in [0.29, 0.717) is 23.0 Å². The largest absolute Gasteiger partial charge is 0.326 e. The number of nitrogens with one attached hydrogen (secondary N) is 2. The van der Waals surface area contributed by atoms with Gasteiger partial charge in [-0.2, -0.15) is 5.10 Å². The van der Waals surface area contributed by atoms with Crippen molar-refractivity contribution in [3.05, 3.63) is 71.9 Å². The highest BCUT2D eigenvalue weighted by Gasteiger charge is 2.22. The Bertz CT molecular complexity index is 1000. The number of carbonyl (C=O) groups excluding carboxylic acids is 2. The van der Waals surface area contributed by atoms with Crippen LogP contribution in [-0.2, 0) is 4.79 Å². The summed E-state index contributed by atoms with van der Waals surface area (Å²) in [6, 6.07) is 18.6. The van der Waals surface area contributed by atoms with Gasteiger partial charge in [0.25, 0.3) is 5.91 Å². The molecule has 0 atom stereocenters. The van der Waals surface area contributed by atoms with Crippen LogP contribution < -0.4 is 10.6 Å². The first-order chi connectivity index (χ1) is 14.1. The van der Waals surface area contributed by atoms with E-state index in [1.165, 1.54) is 19.8 Å². The first-order valence-electron chi connectivity index (χ1n) is 9.94. The zero-order valence-corrected chi connectivity index (χ0v) is 16.4. The molecule has 1 saturated carbocycles. The Hall–Kier alpha value is -3.41. The molecular formula is C23H24N4O2. The molecule has 148 valence electrons. The second-order valence-electron chi connectivity index (χ2n) is 7.40. The summed E-state index contributed by atoms with van der Waals surface area (Å²) in [5, 5.41) is 10.5. The van der Waals surface area contributed by atoms with Crippen molar-refractivity contribution >= 4 is 23.3 Å². The molecule has 4 rings (SSSR count). The zero-order valence-electron chi connectivity index (χ0n) is 16.4. The standard InChI is InChI=1S/C23H24N4O2/c1-16(28)24-19-13-11-18(12-14-19)23(29)25-22-15-21(17-7-5-6-8-17)26-27(22)20-9-3-2-4-10-20/h2-4,9-15,17H,5-8H2,1H3,(H,24,28)(H,25,29). The fourth-order valence-corrected chi connectivity index (χ4v) is 3.77. The first kappa shape index (κ1) is 18.9. The van der Waals surface area contributed by atoms with Crippen LogP contribution in [0.25, 0.3) is 5.69 Å². The Morgan fingerprint density at radius 3 is 2.31 bits per heavy atom. The van der Waals surface area contributed by atoms with Crippen molar-refractivity contribution in [2.75, 3.05) is 10.6 Å². The molecule has 1 heterocycles. The van der Waals surface area contributed by atoms with Gasteiger partial charge in [-0.25, -0.2) is 4.68 Å². The van der Waals surface area contributed by atoms with Crippen molar-refractivity contribution < 1.29 is 9.59 Å². The fourth-order valence-electron chi connectivity index (χ4n) is 3.77. The van der Waals surface area contributed by atoms with Crippen molar-refractivity contribution in [3.8, 4) is 5.69 Å². The Kier molecular flexibility index (Phi) is 5.42. The van der Waals surface area contributed by atoms with Crippen LogP contribution in [-0.4, -0.2) is 21.6 Å². The number of amides is 2. The van der Waals surface area contributed by atoms with Crippen LogP contribution in [0.5, 0.6) is 0 Å². The highest BCUT2D eigenvalue weighted by atomic mass is 16.2. The molecular weight excluding hydrogens is 364 g/mol. The summed E-state index contributed by atoms with van der Waals surface area (Å²) in [5.41, 5.74) is 3.12. The van der Waals surface area contributed by atoms with E-state index < -0.39 is 0 Å². The minimum absolute atomic E-state index is 0.145. The second kappa shape index (κ2) is 8.31. The predicted octanol–water partition coefficient (Wildman–Crippen LogP) is 4.74. The van der Waals surface area contributed by atoms with Crippen molar-refractivity contribution in [1.82, 2.24) is 9.78 Å². The van der Waals surface area contributed by atoms with E-state index in [4.69, 9.17) is 5.10 Å². The minimum Gasteiger partial charge on any atom is -0.326 e. The minimum atomic E-state index is -0.213. The maximum atomic E-state index is 12.8. The van der Waals surface area contributed by atoms with Gasteiger partial charge in [0.15, 0.2) is 0 Å². The first-order valence-corrected chi connectivity index (χ1v) is 9.94. The van der Waals surface area contributed by atoms with Gasteiger partial charge in [0.1, 0.15) is 5.82 Å². The number of hydrogen-bond donors (Lipinski definition) is 2. The van der Waals surface area contributed by atoms with Crippen LogP contribution in [0, 0.1) is 0 Å². The maximum Gasteiger partial charge on any atom is 0.256 e. The predicted molar refractivity (Wildman–Crippen MR) is 113 cm³/mol. The smallest absolute Gasteiger partial charge is 0.256 e. The molecule has 1 aliphatic rings. The number of benzene rings is 2. The van der Waals surface area contributed by atoms with Gasteiger partial charge in [-0.1, -0.05) is 31.0 Å². The normalized spacial score (nSPS) is 14.0. The van der Waals surface area contributed by atoms with Crippen molar-refractivity contribution in [2.45, 2.75) is 38.5 Å². The third kappa shape index (κ3) is 4.37. The number of aromatic nitrogens is 2. The van der Waals surface area contributed by atoms with E-state index in [-0.39, 0.29) is 11.8 Å². The summed E-state index contributed by atoms with van der Waals surface area (Å²) >= 11 is 0. The molecule has 2 amide bonds. The summed E-state index contributed by atoms with van der Waals surface area (Å²) < 4.78 is 1.80. The van der Waals surface area contributed by atoms with E-state index in [1.807, 2.05) is 36.4 Å². The van der Waals surface area contributed by atoms with Crippen LogP contribution in [0.1, 0.15) is 54.6 Å². The average Bonchev–Trinajstić information content (AvgIpc) is 3.38. The van der Waals surface area contributed by atoms with Crippen LogP contribution in [0.2, 0.25) is 0 Å². The van der Waals surface area contributed by atoms with Gasteiger partial charge in [0.2, 0.25) is 5.91 Å². The Labute approximate surface area is 169 Å². The SMILES string of the molecule is CC(=O)Nc1ccc(C(=O)Nc2cc(C3CCCC3)nn2-c2ccccc2)cc1. The number of hydrogen-bond acceptors (Lipinski definition) is 3. The molecule has 6 nitrogen and oxygen atoms in total. The molecule has 0 aliphatic heterocycles. The van der Waals surface area contributed by atoms with Gasteiger partial charge in [0, 0.05) is 30.2 Å². The number of rotatable bonds is 5. The molecule has 1 aliphatic carbocycles. The van der Waals surface area contributed by atoms with Crippen molar-refractivity contribution in [2.24, 2.45) is 0 Å². The Balaban J connectivity index is 1.59. The molecule has 0 saturated heterocycles. The summed E-state index contributed by atoms with van der Waals surface area (Å²) in [6.07, 6.45) is 4.74. The van der Waals surface area contributed by atoms with E-state index in [0.717, 1.165) is 24.2 Å². The molecule has 1 fully saturated rings. The van der Waals surface area contributed by atoms with Gasteiger partial charge < -0.3 is 10.6 Å². The zero-order chi connectivity index (χ0) is 20.2. The quantitative estimate of drug-likeness (QED) is 0.663. The van der Waals surface area contributed by atoms with Crippen LogP contribution >= 0.6 is 0 Å². The van der Waals surface area contributed by atoms with Crippen LogP contribution in [0.3, 0.4) is 0 Å². The molecule has 6 heteroatoms. The molecule has 0 bridgehead atoms. The second-order valence-corrected chi connectivity index (χ2v) is 7.40. The highest BCUT2D eigenvalue weighted by molar-refractivity contribution is 6.04. The average molecular weight is 388 g/mol. The molecule has 29 heavy (non-hydrogen) atoms. The van der Waals surface area contributed by atoms with Gasteiger partial charge in [-0.05, 0) is 49.2 Å². The summed E-state index contributed by atoms with van der Waals surface area (Å²) in [7, 11) is 0. The summed E-state index contributed by atoms with van der Waals surface area (Å²) in [5.74, 6) is 0.754. The van der Waals surface area contributed by atoms with E-state index in [9.17, 15) is 9.59 Å². The molecule has 2 aromatic carbocycles. The summed E-state index contributed by atoms with van der Waals surface area (Å²) in [6.45, 7) is 1.45. The third-order valence-electron chi connectivity index (χ3n) is 5.21. The fraction of sp³-hybridized carbons (Fsp3) is 0.261. The van der Waals surface area contributed by atoms with E-state index >= 15 is 0 Å². The Morgan fingerprint density at radius 1 is 0.966 bits per heavy atom. The molecule has 2 N–H and O–H groups in total. The lowest BCUT2D eigenvalue weighted by atomic mass is 10.0. The number of para-hydroxylation sites is 1. The van der Waals surface area contributed by atoms with Crippen LogP contribution in [0.15, 0.2) is 60.7 Å². The number of carbonyl (C=O) groups is 2. The molecule has 3 aromatic rings.